The second-order valence-electron chi connectivity index (χ2n) is 26.2. The van der Waals surface area contributed by atoms with Gasteiger partial charge in [0.2, 0.25) is 29.5 Å². The maximum Gasteiger partial charge on any atom is 0.373 e. The van der Waals surface area contributed by atoms with E-state index >= 15 is 0 Å². The van der Waals surface area contributed by atoms with Gasteiger partial charge >= 0.3 is 158 Å². The summed E-state index contributed by atoms with van der Waals surface area (Å²) in [4.78, 5) is 386. The van der Waals surface area contributed by atoms with Gasteiger partial charge in [0.1, 0.15) is 0 Å². The van der Waals surface area contributed by atoms with E-state index in [9.17, 15) is 109 Å². The Morgan fingerprint density at radius 2 is 0.459 bits per heavy atom. The number of rotatable bonds is 54. The first kappa shape index (κ1) is 180. The molecule has 71 heteroatoms. The lowest BCUT2D eigenvalue weighted by Gasteiger charge is -2.17. The van der Waals surface area contributed by atoms with E-state index in [1.165, 1.54) is 6.92 Å². The molecule has 146 heavy (non-hydrogen) atoms. The number of benzene rings is 1. The number of thiol groups is 1. The van der Waals surface area contributed by atoms with Gasteiger partial charge in [0.05, 0.1) is 18.3 Å². The number of hydrogen-bond donors (Lipinski definition) is 23. The molecule has 1 aromatic rings. The molecule has 0 radical (unpaired) electrons. The van der Waals surface area contributed by atoms with Gasteiger partial charge in [-0.2, -0.15) is 118 Å². The van der Waals surface area contributed by atoms with E-state index in [1.54, 1.807) is 31.2 Å². The van der Waals surface area contributed by atoms with Crippen molar-refractivity contribution < 1.29 is 300 Å². The summed E-state index contributed by atoms with van der Waals surface area (Å²) in [5.74, 6) is -11.2. The van der Waals surface area contributed by atoms with Gasteiger partial charge in [-0.3, -0.25) is 84.5 Å². The maximum atomic E-state index is 12.1. The molecule has 0 fully saturated rings. The van der Waals surface area contributed by atoms with Crippen molar-refractivity contribution in [3.8, 4) is 0 Å². The number of carbonyl (C=O) groups excluding carboxylic acids is 22. The Hall–Kier alpha value is -11.2. The Morgan fingerprint density at radius 1 is 0.247 bits per heavy atom. The van der Waals surface area contributed by atoms with Crippen LogP contribution in [0.25, 0.3) is 0 Å². The topological polar surface area (TPSA) is 1130 Å². The number of carboxylic acid groups (broad SMARTS) is 10. The van der Waals surface area contributed by atoms with Crippen LogP contribution in [0.2, 0.25) is 0 Å². The molecule has 0 aliphatic carbocycles. The second-order valence-corrected chi connectivity index (χ2v) is 44.2. The first-order valence-electron chi connectivity index (χ1n) is 40.4. The molecule has 0 saturated heterocycles. The van der Waals surface area contributed by atoms with Crippen molar-refractivity contribution >= 4 is 200 Å². The van der Waals surface area contributed by atoms with Gasteiger partial charge in [-0.25, -0.2) is 0 Å². The largest absolute Gasteiger partial charge is 0.481 e. The summed E-state index contributed by atoms with van der Waals surface area (Å²) >= 11 is 4.05. The molecule has 0 bridgehead atoms. The fourth-order valence-corrected chi connectivity index (χ4v) is 17.2. The van der Waals surface area contributed by atoms with Crippen molar-refractivity contribution in [2.45, 2.75) is 214 Å². The van der Waals surface area contributed by atoms with Crippen LogP contribution in [-0.2, 0) is 196 Å². The fraction of sp³-hybridized carbons (Fsp3) is 0.640. The van der Waals surface area contributed by atoms with Crippen molar-refractivity contribution in [1.29, 1.82) is 0 Å². The van der Waals surface area contributed by atoms with Crippen LogP contribution in [0.1, 0.15) is 213 Å². The van der Waals surface area contributed by atoms with E-state index < -0.39 is 138 Å². The quantitative estimate of drug-likeness (QED) is 0.0242. The molecule has 844 valence electrons. The third kappa shape index (κ3) is 262. The minimum absolute atomic E-state index is 0.00639. The van der Waals surface area contributed by atoms with Gasteiger partial charge in [0.25, 0.3) is 0 Å². The molecule has 1 aromatic carbocycles. The van der Waals surface area contributed by atoms with E-state index in [-0.39, 0.29) is 206 Å². The lowest BCUT2D eigenvalue weighted by atomic mass is 10.0. The molecular formula is C75H126O62P8S. The molecule has 0 aliphatic heterocycles. The van der Waals surface area contributed by atoms with Gasteiger partial charge < -0.3 is 110 Å². The van der Waals surface area contributed by atoms with Crippen molar-refractivity contribution in [1.82, 2.24) is 0 Å². The van der Waals surface area contributed by atoms with E-state index in [4.69, 9.17) is 191 Å². The molecule has 0 amide bonds. The van der Waals surface area contributed by atoms with Gasteiger partial charge in [0, 0.05) is 119 Å². The summed E-state index contributed by atoms with van der Waals surface area (Å²) in [5, 5.41) is 84.9. The summed E-state index contributed by atoms with van der Waals surface area (Å²) in [5.41, 5.74) is 0.806. The molecular weight excluding hydrogens is 2170 g/mol. The molecule has 0 heterocycles. The monoisotopic (exact) mass is 2300 g/mol. The average molecular weight is 2300 g/mol. The highest BCUT2D eigenvalue weighted by atomic mass is 32.1. The summed E-state index contributed by atoms with van der Waals surface area (Å²) in [6.07, 6.45) is 12.6. The van der Waals surface area contributed by atoms with Crippen LogP contribution in [0.3, 0.4) is 0 Å². The van der Waals surface area contributed by atoms with Crippen LogP contribution >= 0.6 is 72.5 Å². The van der Waals surface area contributed by atoms with E-state index in [0.29, 0.717) is 76.8 Å². The molecule has 0 aromatic heterocycles. The van der Waals surface area contributed by atoms with Crippen molar-refractivity contribution in [3.05, 3.63) is 35.9 Å². The van der Waals surface area contributed by atoms with Gasteiger partial charge in [-0.05, 0) is 120 Å². The molecule has 0 aliphatic rings. The summed E-state index contributed by atoms with van der Waals surface area (Å²) in [6.45, 7) is 7.04. The van der Waals surface area contributed by atoms with Gasteiger partial charge in [0.15, 0.2) is 0 Å². The zero-order valence-electron chi connectivity index (χ0n) is 78.9. The molecule has 0 spiro atoms. The molecule has 0 saturated carbocycles. The maximum absolute atomic E-state index is 12.1. The van der Waals surface area contributed by atoms with Crippen molar-refractivity contribution in [3.63, 3.8) is 0 Å². The van der Waals surface area contributed by atoms with E-state index in [1.807, 2.05) is 19.9 Å². The minimum Gasteiger partial charge on any atom is -0.481 e. The number of hydrogen-bond acceptors (Lipinski definition) is 41. The normalized spacial score (nSPS) is 11.1. The molecule has 62 nitrogen and oxygen atoms in total. The third-order valence-electron chi connectivity index (χ3n) is 14.0. The SMILES string of the molecule is CCCCCP(=O)(O)O.CCCP(=O)(O)CCCCC(=O)O.CCCP(=O)(O)O.CCP(=O)(O)O.O=C(O)CCCCCCS.O=C(O)CCCCP(=O)(O)CC(CCC(=O)O)C(=O)O.O=C(O)CCCCP(=O)(O)CC(Cc1ccccc1)C(=O)O.O=C(O)CCCCP(=O)(O)CCC(=O)O.O=C(O)CCCCP(=O)(O)O.O=C=O.O=C=O.O=C=O.O=C=O.O=C=O.O=C=O.O=C=O.O=C=O.O=C=O.O=C=O.O=C=O. The predicted octanol–water partition coefficient (Wildman–Crippen LogP) is 4.50. The van der Waals surface area contributed by atoms with Gasteiger partial charge in [-0.1, -0.05) is 83.7 Å². The van der Waals surface area contributed by atoms with Crippen molar-refractivity contribution in [2.24, 2.45) is 11.8 Å². The Kier molecular flexibility index (Phi) is 162. The third-order valence-corrected chi connectivity index (χ3v) is 26.1. The highest BCUT2D eigenvalue weighted by Crippen LogP contribution is 2.47. The lowest BCUT2D eigenvalue weighted by molar-refractivity contribution is -0.193. The fourth-order valence-electron chi connectivity index (χ4n) is 8.17. The lowest BCUT2D eigenvalue weighted by Crippen LogP contribution is -2.21. The van der Waals surface area contributed by atoms with Crippen LogP contribution in [0.15, 0.2) is 30.3 Å². The number of carboxylic acids is 10. The average Bonchev–Trinajstić information content (AvgIpc) is 0.868. The molecule has 6 unspecified atom stereocenters. The number of unbranched alkanes of at least 4 members (excludes halogenated alkanes) is 10. The summed E-state index contributed by atoms with van der Waals surface area (Å²) in [6, 6.07) is 8.96. The molecule has 6 atom stereocenters. The zero-order valence-corrected chi connectivity index (χ0v) is 87.0. The molecule has 22 N–H and O–H groups in total. The minimum atomic E-state index is -3.92. The van der Waals surface area contributed by atoms with Crippen molar-refractivity contribution in [2.75, 3.05) is 79.7 Å². The number of carbonyl (C=O) groups is 10. The second kappa shape index (κ2) is 132. The smallest absolute Gasteiger partial charge is 0.373 e. The molecule has 1 rings (SSSR count). The Morgan fingerprint density at radius 3 is 0.664 bits per heavy atom. The number of aliphatic carboxylic acids is 10. The highest BCUT2D eigenvalue weighted by molar-refractivity contribution is 7.80. The summed E-state index contributed by atoms with van der Waals surface area (Å²) in [7, 11) is -28.5. The highest BCUT2D eigenvalue weighted by Gasteiger charge is 2.31. The van der Waals surface area contributed by atoms with E-state index in [2.05, 4.69) is 12.6 Å². The van der Waals surface area contributed by atoms with Crippen LogP contribution in [-0.4, -0.2) is 317 Å². The predicted molar refractivity (Wildman–Crippen MR) is 480 cm³/mol. The zero-order chi connectivity index (χ0) is 120. The summed E-state index contributed by atoms with van der Waals surface area (Å²) < 4.78 is 86.5. The Bertz CT molecular complexity index is 4120. The Balaban J connectivity index is -0.0000000715. The van der Waals surface area contributed by atoms with Crippen LogP contribution in [0, 0.1) is 11.8 Å². The van der Waals surface area contributed by atoms with Gasteiger partial charge in [-0.15, -0.1) is 0 Å². The van der Waals surface area contributed by atoms with E-state index in [0.717, 1.165) is 49.8 Å². The standard InChI is InChI=1S/C15H21O6P.C11H19O8P.C8H15O6P.C8H17O4P.C7H14O2S.C5H11O5P.C5H13O3P.C3H9O3P.C2H7O3P.11CO2/c16-14(17)8-4-5-9-22(20,21)11-13(15(18)19)10-12-6-2-1-3-7-12;12-9(13)3-1-2-6-20(18,19)7-8(11(16)17)4-5-10(14)15;9-7(10)3-1-2-5-15(13,14)6-4-8(11)12;1-2-6-13(11,12)7-4-3-5-8(9)10;8-7(9)5-3-1-2-4-6-10;6-5(7)3-1-2-4-11(8,9)10;1-2-3-4-5-9(6,7)8;1-2-3-7(4,5)6;1-2-6(3,4)5;11*2-1-3/h1-3,6-7,13H,4-5,8-11H2,(H,16,17)(H,18,19)(H,20,21);8H,1-7H2,(H,12,13)(H,14,15)(H,16,17)(H,18,19);1-6H2,(H,9,10)(H,11,12)(H,13,14);2-7H2,1H3,(H,9,10)(H,11,12);10H,1-6H2,(H,8,9);1-4H2,(H,6,7)(H2,8,9,10);2-5H2,1H3,(H2,6,7,8);2-3H2,1H3,(H2,4,5,6);2H2,1H3,(H2,3,4,5);;;;;;;;;;;. The van der Waals surface area contributed by atoms with Crippen LogP contribution < -0.4 is 0 Å². The first-order chi connectivity index (χ1) is 67.2. The van der Waals surface area contributed by atoms with Crippen LogP contribution in [0.4, 0.5) is 0 Å². The first-order valence-corrected chi connectivity index (χ1v) is 56.3. The van der Waals surface area contributed by atoms with Crippen LogP contribution in [0.5, 0.6) is 0 Å². The Labute approximate surface area is 837 Å².